The van der Waals surface area contributed by atoms with Gasteiger partial charge in [-0.1, -0.05) is 44.2 Å². The molecule has 2 bridgehead atoms. The van der Waals surface area contributed by atoms with E-state index in [4.69, 9.17) is 23.9 Å². The van der Waals surface area contributed by atoms with E-state index in [9.17, 15) is 19.2 Å². The van der Waals surface area contributed by atoms with Crippen LogP contribution in [0.25, 0.3) is 0 Å². The number of benzene rings is 1. The zero-order valence-electron chi connectivity index (χ0n) is 30.5. The lowest BCUT2D eigenvalue weighted by Crippen LogP contribution is -2.50. The van der Waals surface area contributed by atoms with Gasteiger partial charge in [-0.15, -0.1) is 0 Å². The van der Waals surface area contributed by atoms with E-state index in [0.717, 1.165) is 11.1 Å². The molecule has 11 heteroatoms. The molecule has 5 rings (SSSR count). The lowest BCUT2D eigenvalue weighted by molar-refractivity contribution is -0.188. The van der Waals surface area contributed by atoms with Gasteiger partial charge >= 0.3 is 24.1 Å². The molecule has 0 N–H and O–H groups in total. The summed E-state index contributed by atoms with van der Waals surface area (Å²) in [5.41, 5.74) is -1.95. The Hall–Kier alpha value is -4.15. The number of aromatic nitrogens is 1. The van der Waals surface area contributed by atoms with Gasteiger partial charge in [0.1, 0.15) is 23.1 Å². The number of pyridine rings is 1. The van der Waals surface area contributed by atoms with Crippen LogP contribution < -0.4 is 4.90 Å². The van der Waals surface area contributed by atoms with E-state index in [0.29, 0.717) is 30.8 Å². The summed E-state index contributed by atoms with van der Waals surface area (Å²) < 4.78 is 23.5. The molecule has 3 heterocycles. The summed E-state index contributed by atoms with van der Waals surface area (Å²) >= 11 is 0. The highest BCUT2D eigenvalue weighted by atomic mass is 16.6. The molecule has 3 aliphatic rings. The molecule has 0 spiro atoms. The quantitative estimate of drug-likeness (QED) is 0.231. The summed E-state index contributed by atoms with van der Waals surface area (Å²) in [6.45, 7) is 19.0. The van der Waals surface area contributed by atoms with Crippen LogP contribution in [0.3, 0.4) is 0 Å². The molecule has 0 radical (unpaired) electrons. The third-order valence-electron chi connectivity index (χ3n) is 10.3. The van der Waals surface area contributed by atoms with Gasteiger partial charge in [-0.2, -0.15) is 0 Å². The van der Waals surface area contributed by atoms with E-state index in [1.807, 2.05) is 90.9 Å². The van der Waals surface area contributed by atoms with E-state index >= 15 is 0 Å². The Morgan fingerprint density at radius 3 is 2.18 bits per heavy atom. The van der Waals surface area contributed by atoms with Crippen LogP contribution in [0.5, 0.6) is 0 Å². The van der Waals surface area contributed by atoms with Gasteiger partial charge in [-0.3, -0.25) is 9.69 Å². The van der Waals surface area contributed by atoms with Crippen LogP contribution in [0.15, 0.2) is 42.5 Å². The van der Waals surface area contributed by atoms with Gasteiger partial charge in [0.25, 0.3) is 0 Å². The van der Waals surface area contributed by atoms with Gasteiger partial charge in [0.2, 0.25) is 5.60 Å². The average molecular weight is 678 g/mol. The Balaban J connectivity index is 1.44. The Kier molecular flexibility index (Phi) is 9.31. The number of nitrogens with zero attached hydrogens (tertiary/aromatic N) is 3. The average Bonchev–Trinajstić information content (AvgIpc) is 3.51. The number of hydrogen-bond donors (Lipinski definition) is 0. The molecule has 2 aliphatic heterocycles. The van der Waals surface area contributed by atoms with Crippen LogP contribution in [0.4, 0.5) is 15.4 Å². The van der Waals surface area contributed by atoms with Crippen molar-refractivity contribution in [3.63, 3.8) is 0 Å². The standard InChI is InChI=1S/C38H51N3O8/c1-24-18-27(39-29(19-24)41(33(45)49-35(5,6)7)21-25-14-12-11-13-15-25)20-26-22-40(32(44)48-34(2,3)4)23-28(26)46-31(43)38-17-16-37(10,30(42)47-38)36(38,8)9/h11-15,18-19,26,28H,16-17,20-23H2,1-10H3/t26-,28+,37?,38?/m0/s1. The SMILES string of the molecule is Cc1cc(C[C@H]2CN(C(=O)OC(C)(C)C)C[C@H]2OC(=O)C23CCC(C)(C(=O)O2)C3(C)C)nc(N(Cc2ccccc2)C(=O)OC(C)(C)C)c1. The monoisotopic (exact) mass is 677 g/mol. The first-order valence-corrected chi connectivity index (χ1v) is 17.1. The number of aryl methyl sites for hydroxylation is 1. The highest BCUT2D eigenvalue weighted by Crippen LogP contribution is 2.66. The van der Waals surface area contributed by atoms with Gasteiger partial charge < -0.3 is 23.8 Å². The first-order chi connectivity index (χ1) is 22.6. The van der Waals surface area contributed by atoms with Crippen molar-refractivity contribution in [2.24, 2.45) is 16.7 Å². The Labute approximate surface area is 289 Å². The maximum absolute atomic E-state index is 14.0. The van der Waals surface area contributed by atoms with Crippen LogP contribution in [-0.4, -0.2) is 70.0 Å². The van der Waals surface area contributed by atoms with E-state index in [1.165, 1.54) is 4.90 Å². The maximum Gasteiger partial charge on any atom is 0.416 e. The molecule has 1 aromatic carbocycles. The summed E-state index contributed by atoms with van der Waals surface area (Å²) in [6.07, 6.45) is -0.507. The molecule has 2 aromatic rings. The number of hydrogen-bond acceptors (Lipinski definition) is 9. The lowest BCUT2D eigenvalue weighted by atomic mass is 9.66. The lowest BCUT2D eigenvalue weighted by Gasteiger charge is -2.35. The fourth-order valence-corrected chi connectivity index (χ4v) is 7.13. The van der Waals surface area contributed by atoms with Gasteiger partial charge in [0.15, 0.2) is 0 Å². The van der Waals surface area contributed by atoms with E-state index in [-0.39, 0.29) is 31.5 Å². The third kappa shape index (κ3) is 7.12. The molecule has 1 aromatic heterocycles. The normalized spacial score (nSPS) is 25.9. The van der Waals surface area contributed by atoms with Crippen molar-refractivity contribution < 1.29 is 38.1 Å². The zero-order valence-corrected chi connectivity index (χ0v) is 30.5. The Bertz CT molecular complexity index is 1610. The number of likely N-dealkylation sites (tertiary alicyclic amines) is 1. The number of fused-ring (bicyclic) bond motifs is 2. The van der Waals surface area contributed by atoms with Crippen LogP contribution >= 0.6 is 0 Å². The molecule has 3 fully saturated rings. The zero-order chi connectivity index (χ0) is 36.2. The molecule has 266 valence electrons. The van der Waals surface area contributed by atoms with Crippen molar-refractivity contribution in [2.45, 2.75) is 118 Å². The van der Waals surface area contributed by atoms with Crippen molar-refractivity contribution in [2.75, 3.05) is 18.0 Å². The summed E-state index contributed by atoms with van der Waals surface area (Å²) in [4.78, 5) is 61.7. The van der Waals surface area contributed by atoms with Gasteiger partial charge in [0.05, 0.1) is 18.5 Å². The molecule has 2 unspecified atom stereocenters. The minimum atomic E-state index is -1.40. The number of carbonyl (C=O) groups is 4. The second kappa shape index (κ2) is 12.6. The number of carbonyl (C=O) groups excluding carboxylic acids is 4. The largest absolute Gasteiger partial charge is 0.457 e. The van der Waals surface area contributed by atoms with Gasteiger partial charge in [-0.25, -0.2) is 19.4 Å². The predicted octanol–water partition coefficient (Wildman–Crippen LogP) is 6.77. The number of amides is 2. The van der Waals surface area contributed by atoms with Crippen molar-refractivity contribution in [3.05, 3.63) is 59.3 Å². The number of anilines is 1. The second-order valence-electron chi connectivity index (χ2n) is 16.5. The molecule has 11 nitrogen and oxygen atoms in total. The molecule has 49 heavy (non-hydrogen) atoms. The van der Waals surface area contributed by atoms with Crippen LogP contribution in [0.1, 0.15) is 92.0 Å². The fraction of sp³-hybridized carbons (Fsp3) is 0.605. The number of ether oxygens (including phenoxy) is 4. The predicted molar refractivity (Wildman–Crippen MR) is 183 cm³/mol. The van der Waals surface area contributed by atoms with Crippen molar-refractivity contribution in [1.29, 1.82) is 0 Å². The molecular weight excluding hydrogens is 626 g/mol. The molecule has 4 atom stereocenters. The molecule has 1 saturated carbocycles. The van der Waals surface area contributed by atoms with E-state index in [2.05, 4.69) is 0 Å². The van der Waals surface area contributed by atoms with Crippen molar-refractivity contribution in [1.82, 2.24) is 9.88 Å². The smallest absolute Gasteiger partial charge is 0.416 e. The first kappa shape index (κ1) is 36.1. The minimum Gasteiger partial charge on any atom is -0.457 e. The number of esters is 2. The maximum atomic E-state index is 14.0. The molecule has 2 amide bonds. The Morgan fingerprint density at radius 2 is 1.61 bits per heavy atom. The second-order valence-corrected chi connectivity index (χ2v) is 16.5. The van der Waals surface area contributed by atoms with E-state index < -0.39 is 51.9 Å². The summed E-state index contributed by atoms with van der Waals surface area (Å²) in [7, 11) is 0. The van der Waals surface area contributed by atoms with E-state index in [1.54, 1.807) is 25.7 Å². The first-order valence-electron chi connectivity index (χ1n) is 17.1. The molecule has 1 aliphatic carbocycles. The minimum absolute atomic E-state index is 0.115. The summed E-state index contributed by atoms with van der Waals surface area (Å²) in [5, 5.41) is 0. The summed E-state index contributed by atoms with van der Waals surface area (Å²) in [6, 6.07) is 13.4. The molecular formula is C38H51N3O8. The van der Waals surface area contributed by atoms with Crippen molar-refractivity contribution >= 4 is 29.9 Å². The highest BCUT2D eigenvalue weighted by molar-refractivity contribution is 5.93. The topological polar surface area (TPSA) is 125 Å². The number of rotatable bonds is 7. The van der Waals surface area contributed by atoms with Gasteiger partial charge in [0, 0.05) is 23.6 Å². The molecule has 2 saturated heterocycles. The fourth-order valence-electron chi connectivity index (χ4n) is 7.13. The van der Waals surface area contributed by atoms with Crippen LogP contribution in [0.2, 0.25) is 0 Å². The van der Waals surface area contributed by atoms with Crippen LogP contribution in [0, 0.1) is 23.7 Å². The van der Waals surface area contributed by atoms with Crippen LogP contribution in [-0.2, 0) is 41.5 Å². The Morgan fingerprint density at radius 1 is 0.959 bits per heavy atom. The highest BCUT2D eigenvalue weighted by Gasteiger charge is 2.76. The van der Waals surface area contributed by atoms with Crippen molar-refractivity contribution in [3.8, 4) is 0 Å². The van der Waals surface area contributed by atoms with Gasteiger partial charge in [-0.05, 0) is 97.9 Å². The third-order valence-corrected chi connectivity index (χ3v) is 10.3. The summed E-state index contributed by atoms with van der Waals surface area (Å²) in [5.74, 6) is -0.912.